The molecule has 1 aromatic heterocycles. The van der Waals surface area contributed by atoms with Crippen molar-refractivity contribution in [2.45, 2.75) is 38.3 Å². The minimum atomic E-state index is 0. The standard InChI is InChI=1S/C20H29N5O.3ClH/c1-23(20(26)8-7-17-5-2-3-6-19(17)21)18-9-13-24(14-10-18)15-16-25-12-4-11-22-25;;;/h2-6,11-12,18H,7-10,13-16,21H2,1H3;3*1H. The summed E-state index contributed by atoms with van der Waals surface area (Å²) in [6.07, 6.45) is 7.11. The molecule has 2 aromatic rings. The number of piperidine rings is 1. The molecule has 164 valence electrons. The largest absolute Gasteiger partial charge is 0.399 e. The molecule has 1 fully saturated rings. The molecule has 0 bridgehead atoms. The number of nitrogen functional groups attached to an aromatic ring is 1. The predicted molar refractivity (Wildman–Crippen MR) is 125 cm³/mol. The van der Waals surface area contributed by atoms with E-state index in [1.807, 2.05) is 59.4 Å². The fourth-order valence-electron chi connectivity index (χ4n) is 3.59. The lowest BCUT2D eigenvalue weighted by molar-refractivity contribution is -0.132. The summed E-state index contributed by atoms with van der Waals surface area (Å²) in [6.45, 7) is 4.01. The van der Waals surface area contributed by atoms with E-state index in [-0.39, 0.29) is 43.1 Å². The molecule has 1 aliphatic rings. The van der Waals surface area contributed by atoms with Crippen LogP contribution in [0, 0.1) is 0 Å². The third kappa shape index (κ3) is 8.05. The molecule has 1 aromatic carbocycles. The van der Waals surface area contributed by atoms with Gasteiger partial charge in [0.2, 0.25) is 5.91 Å². The van der Waals surface area contributed by atoms with E-state index in [1.165, 1.54) is 0 Å². The minimum absolute atomic E-state index is 0. The van der Waals surface area contributed by atoms with Crippen LogP contribution in [0.4, 0.5) is 5.69 Å². The van der Waals surface area contributed by atoms with Crippen molar-refractivity contribution in [3.05, 3.63) is 48.3 Å². The summed E-state index contributed by atoms with van der Waals surface area (Å²) in [6, 6.07) is 10.1. The van der Waals surface area contributed by atoms with Crippen LogP contribution in [-0.4, -0.2) is 58.2 Å². The van der Waals surface area contributed by atoms with E-state index in [1.54, 1.807) is 0 Å². The second-order valence-electron chi connectivity index (χ2n) is 7.05. The second kappa shape index (κ2) is 13.7. The summed E-state index contributed by atoms with van der Waals surface area (Å²) >= 11 is 0. The average Bonchev–Trinajstić information content (AvgIpc) is 3.19. The molecule has 0 radical (unpaired) electrons. The van der Waals surface area contributed by atoms with Gasteiger partial charge in [0, 0.05) is 57.2 Å². The van der Waals surface area contributed by atoms with Crippen LogP contribution in [0.1, 0.15) is 24.8 Å². The van der Waals surface area contributed by atoms with Crippen LogP contribution in [0.3, 0.4) is 0 Å². The van der Waals surface area contributed by atoms with E-state index in [2.05, 4.69) is 10.00 Å². The quantitative estimate of drug-likeness (QED) is 0.639. The van der Waals surface area contributed by atoms with Crippen molar-refractivity contribution >= 4 is 48.8 Å². The number of amides is 1. The van der Waals surface area contributed by atoms with Gasteiger partial charge in [-0.15, -0.1) is 37.2 Å². The van der Waals surface area contributed by atoms with E-state index >= 15 is 0 Å². The first-order valence-electron chi connectivity index (χ1n) is 9.42. The number of hydrogen-bond acceptors (Lipinski definition) is 4. The number of carbonyl (C=O) groups excluding carboxylic acids is 1. The number of anilines is 1. The van der Waals surface area contributed by atoms with Gasteiger partial charge in [-0.05, 0) is 37.0 Å². The normalized spacial score (nSPS) is 14.2. The van der Waals surface area contributed by atoms with Crippen molar-refractivity contribution in [2.24, 2.45) is 0 Å². The van der Waals surface area contributed by atoms with Crippen molar-refractivity contribution in [2.75, 3.05) is 32.4 Å². The summed E-state index contributed by atoms with van der Waals surface area (Å²) in [7, 11) is 1.95. The monoisotopic (exact) mass is 463 g/mol. The molecule has 9 heteroatoms. The Kier molecular flexibility index (Phi) is 13.0. The van der Waals surface area contributed by atoms with Gasteiger partial charge in [-0.2, -0.15) is 5.10 Å². The summed E-state index contributed by atoms with van der Waals surface area (Å²) < 4.78 is 1.97. The van der Waals surface area contributed by atoms with Gasteiger partial charge in [0.15, 0.2) is 0 Å². The first-order valence-corrected chi connectivity index (χ1v) is 9.42. The molecule has 0 aliphatic carbocycles. The van der Waals surface area contributed by atoms with Gasteiger partial charge in [0.1, 0.15) is 0 Å². The van der Waals surface area contributed by atoms with Gasteiger partial charge in [0.25, 0.3) is 0 Å². The zero-order valence-corrected chi connectivity index (χ0v) is 19.2. The smallest absolute Gasteiger partial charge is 0.222 e. The van der Waals surface area contributed by atoms with E-state index < -0.39 is 0 Å². The van der Waals surface area contributed by atoms with Crippen molar-refractivity contribution in [1.29, 1.82) is 0 Å². The number of halogens is 3. The van der Waals surface area contributed by atoms with Crippen LogP contribution in [0.15, 0.2) is 42.7 Å². The summed E-state index contributed by atoms with van der Waals surface area (Å²) in [5.41, 5.74) is 7.80. The van der Waals surface area contributed by atoms with Gasteiger partial charge < -0.3 is 15.5 Å². The molecule has 0 saturated carbocycles. The number of benzene rings is 1. The maximum Gasteiger partial charge on any atom is 0.222 e. The van der Waals surface area contributed by atoms with Crippen molar-refractivity contribution in [3.8, 4) is 0 Å². The Morgan fingerprint density at radius 2 is 1.83 bits per heavy atom. The van der Waals surface area contributed by atoms with Gasteiger partial charge in [0.05, 0.1) is 6.54 Å². The predicted octanol–water partition coefficient (Wildman–Crippen LogP) is 3.29. The Hall–Kier alpha value is -1.47. The summed E-state index contributed by atoms with van der Waals surface area (Å²) in [5.74, 6) is 0.211. The molecule has 1 amide bonds. The Labute approximate surface area is 192 Å². The Morgan fingerprint density at radius 3 is 2.45 bits per heavy atom. The van der Waals surface area contributed by atoms with Crippen molar-refractivity contribution in [1.82, 2.24) is 19.6 Å². The van der Waals surface area contributed by atoms with E-state index in [0.29, 0.717) is 18.9 Å². The molecule has 1 aliphatic heterocycles. The van der Waals surface area contributed by atoms with E-state index in [9.17, 15) is 4.79 Å². The highest BCUT2D eigenvalue weighted by atomic mass is 35.5. The lowest BCUT2D eigenvalue weighted by Gasteiger charge is -2.36. The zero-order chi connectivity index (χ0) is 18.4. The number of hydrogen-bond donors (Lipinski definition) is 1. The van der Waals surface area contributed by atoms with Gasteiger partial charge >= 0.3 is 0 Å². The van der Waals surface area contributed by atoms with Crippen molar-refractivity contribution < 1.29 is 4.79 Å². The first kappa shape index (κ1) is 27.5. The topological polar surface area (TPSA) is 67.4 Å². The molecule has 3 rings (SSSR count). The molecule has 29 heavy (non-hydrogen) atoms. The van der Waals surface area contributed by atoms with E-state index in [0.717, 1.165) is 50.3 Å². The van der Waals surface area contributed by atoms with Gasteiger partial charge in [-0.1, -0.05) is 18.2 Å². The maximum absolute atomic E-state index is 12.5. The average molecular weight is 465 g/mol. The minimum Gasteiger partial charge on any atom is -0.399 e. The lowest BCUT2D eigenvalue weighted by Crippen LogP contribution is -2.46. The third-order valence-corrected chi connectivity index (χ3v) is 5.37. The second-order valence-corrected chi connectivity index (χ2v) is 7.05. The molecule has 2 heterocycles. The fourth-order valence-corrected chi connectivity index (χ4v) is 3.59. The molecular weight excluding hydrogens is 433 g/mol. The Morgan fingerprint density at radius 1 is 1.14 bits per heavy atom. The number of nitrogens with two attached hydrogens (primary N) is 1. The van der Waals surface area contributed by atoms with Crippen LogP contribution in [0.25, 0.3) is 0 Å². The van der Waals surface area contributed by atoms with Gasteiger partial charge in [-0.25, -0.2) is 0 Å². The number of para-hydroxylation sites is 1. The maximum atomic E-state index is 12.5. The van der Waals surface area contributed by atoms with Crippen LogP contribution >= 0.6 is 37.2 Å². The molecule has 0 spiro atoms. The van der Waals surface area contributed by atoms with E-state index in [4.69, 9.17) is 5.73 Å². The molecule has 0 unspecified atom stereocenters. The van der Waals surface area contributed by atoms with Crippen LogP contribution < -0.4 is 5.73 Å². The number of nitrogens with zero attached hydrogens (tertiary/aromatic N) is 4. The molecule has 1 saturated heterocycles. The number of aryl methyl sites for hydroxylation is 1. The van der Waals surface area contributed by atoms with Gasteiger partial charge in [-0.3, -0.25) is 9.48 Å². The van der Waals surface area contributed by atoms with Crippen molar-refractivity contribution in [3.63, 3.8) is 0 Å². The summed E-state index contributed by atoms with van der Waals surface area (Å²) in [5, 5.41) is 4.25. The Balaban J connectivity index is 0.00000261. The summed E-state index contributed by atoms with van der Waals surface area (Å²) in [4.78, 5) is 17.0. The SMILES string of the molecule is CN(C(=O)CCc1ccccc1N)C1CCN(CCn2cccn2)CC1.Cl.Cl.Cl. The zero-order valence-electron chi connectivity index (χ0n) is 16.8. The fraction of sp³-hybridized carbons (Fsp3) is 0.500. The molecular formula is C20H32Cl3N5O. The number of aromatic nitrogens is 2. The number of carbonyl (C=O) groups is 1. The highest BCUT2D eigenvalue weighted by Crippen LogP contribution is 2.18. The number of rotatable bonds is 7. The third-order valence-electron chi connectivity index (χ3n) is 5.37. The first-order chi connectivity index (χ1) is 12.6. The van der Waals surface area contributed by atoms with Crippen LogP contribution in [0.5, 0.6) is 0 Å². The highest BCUT2D eigenvalue weighted by Gasteiger charge is 2.25. The highest BCUT2D eigenvalue weighted by molar-refractivity contribution is 5.86. The Bertz CT molecular complexity index is 706. The molecule has 0 atom stereocenters. The van der Waals surface area contributed by atoms with Crippen LogP contribution in [-0.2, 0) is 17.8 Å². The number of likely N-dealkylation sites (tertiary alicyclic amines) is 1. The molecule has 2 N–H and O–H groups in total. The van der Waals surface area contributed by atoms with Crippen LogP contribution in [0.2, 0.25) is 0 Å². The lowest BCUT2D eigenvalue weighted by atomic mass is 10.0. The molecule has 6 nitrogen and oxygen atoms in total.